The van der Waals surface area contributed by atoms with Crippen LogP contribution < -0.4 is 0 Å². The lowest BCUT2D eigenvalue weighted by molar-refractivity contribution is -0.149. The molecule has 26 heavy (non-hydrogen) atoms. The second kappa shape index (κ2) is 16.1. The van der Waals surface area contributed by atoms with Gasteiger partial charge in [-0.25, -0.2) is 0 Å². The third-order valence-corrected chi connectivity index (χ3v) is 4.34. The summed E-state index contributed by atoms with van der Waals surface area (Å²) in [7, 11) is 0. The fraction of sp³-hybridized carbons (Fsp3) is 0.909. The molecule has 0 aliphatic heterocycles. The zero-order chi connectivity index (χ0) is 19.8. The van der Waals surface area contributed by atoms with E-state index in [2.05, 4.69) is 27.7 Å². The maximum absolute atomic E-state index is 11.7. The lowest BCUT2D eigenvalue weighted by Crippen LogP contribution is -2.16. The van der Waals surface area contributed by atoms with E-state index >= 15 is 0 Å². The minimum Gasteiger partial charge on any atom is -0.466 e. The summed E-state index contributed by atoms with van der Waals surface area (Å²) in [6.45, 7) is 11.2. The molecule has 0 saturated heterocycles. The number of hydrogen-bond donors (Lipinski definition) is 0. The molecule has 0 rings (SSSR count). The molecule has 0 saturated carbocycles. The molecule has 154 valence electrons. The van der Waals surface area contributed by atoms with Crippen molar-refractivity contribution in [1.29, 1.82) is 0 Å². The summed E-state index contributed by atoms with van der Waals surface area (Å²) in [5.41, 5.74) is 0. The molecular formula is C22H42O4. The summed E-state index contributed by atoms with van der Waals surface area (Å²) in [5.74, 6) is 1.08. The Morgan fingerprint density at radius 1 is 0.692 bits per heavy atom. The van der Waals surface area contributed by atoms with E-state index in [1.54, 1.807) is 0 Å². The molecule has 4 heteroatoms. The maximum atomic E-state index is 11.7. The molecule has 0 aromatic heterocycles. The Bertz CT molecular complexity index is 363. The molecule has 0 amide bonds. The smallest absolute Gasteiger partial charge is 0.306 e. The average Bonchev–Trinajstić information content (AvgIpc) is 2.52. The second-order valence-corrected chi connectivity index (χ2v) is 8.31. The van der Waals surface area contributed by atoms with Crippen LogP contribution in [0.2, 0.25) is 0 Å². The topological polar surface area (TPSA) is 52.6 Å². The third-order valence-electron chi connectivity index (χ3n) is 4.34. The van der Waals surface area contributed by atoms with Gasteiger partial charge in [0.05, 0.1) is 12.7 Å². The van der Waals surface area contributed by atoms with Crippen LogP contribution in [0.15, 0.2) is 0 Å². The van der Waals surface area contributed by atoms with E-state index in [0.29, 0.717) is 31.3 Å². The summed E-state index contributed by atoms with van der Waals surface area (Å²) in [5, 5.41) is 0. The van der Waals surface area contributed by atoms with E-state index < -0.39 is 0 Å². The minimum atomic E-state index is -0.0710. The first kappa shape index (κ1) is 24.9. The molecule has 1 unspecified atom stereocenters. The molecule has 1 atom stereocenters. The Morgan fingerprint density at radius 2 is 1.23 bits per heavy atom. The van der Waals surface area contributed by atoms with E-state index in [1.807, 2.05) is 6.92 Å². The molecule has 4 nitrogen and oxygen atoms in total. The Hall–Kier alpha value is -1.06. The van der Waals surface area contributed by atoms with Crippen LogP contribution in [0.4, 0.5) is 0 Å². The monoisotopic (exact) mass is 370 g/mol. The minimum absolute atomic E-state index is 0.0210. The molecule has 0 aliphatic carbocycles. The summed E-state index contributed by atoms with van der Waals surface area (Å²) < 4.78 is 10.6. The molecule has 0 heterocycles. The number of hydrogen-bond acceptors (Lipinski definition) is 4. The van der Waals surface area contributed by atoms with Gasteiger partial charge in [0, 0.05) is 12.8 Å². The first-order chi connectivity index (χ1) is 12.3. The molecule has 0 spiro atoms. The van der Waals surface area contributed by atoms with Gasteiger partial charge in [-0.15, -0.1) is 0 Å². The molecule has 0 fully saturated rings. The zero-order valence-corrected chi connectivity index (χ0v) is 17.9. The average molecular weight is 371 g/mol. The van der Waals surface area contributed by atoms with Crippen LogP contribution in [0, 0.1) is 11.8 Å². The van der Waals surface area contributed by atoms with Gasteiger partial charge in [-0.1, -0.05) is 53.4 Å². The fourth-order valence-electron chi connectivity index (χ4n) is 2.99. The molecule has 0 N–H and O–H groups in total. The van der Waals surface area contributed by atoms with Gasteiger partial charge in [-0.2, -0.15) is 0 Å². The number of esters is 2. The summed E-state index contributed by atoms with van der Waals surface area (Å²) >= 11 is 0. The quantitative estimate of drug-likeness (QED) is 0.245. The van der Waals surface area contributed by atoms with E-state index in [4.69, 9.17) is 9.47 Å². The van der Waals surface area contributed by atoms with Crippen molar-refractivity contribution >= 4 is 11.9 Å². The summed E-state index contributed by atoms with van der Waals surface area (Å²) in [4.78, 5) is 23.3. The first-order valence-electron chi connectivity index (χ1n) is 10.7. The molecular weight excluding hydrogens is 328 g/mol. The Kier molecular flexibility index (Phi) is 15.5. The highest BCUT2D eigenvalue weighted by Crippen LogP contribution is 2.12. The van der Waals surface area contributed by atoms with Gasteiger partial charge in [-0.05, 0) is 50.9 Å². The highest BCUT2D eigenvalue weighted by molar-refractivity contribution is 5.69. The van der Waals surface area contributed by atoms with Crippen LogP contribution in [-0.2, 0) is 19.1 Å². The Balaban J connectivity index is 3.40. The van der Waals surface area contributed by atoms with Crippen molar-refractivity contribution in [3.05, 3.63) is 0 Å². The number of ether oxygens (including phenoxy) is 2. The largest absolute Gasteiger partial charge is 0.466 e. The van der Waals surface area contributed by atoms with Gasteiger partial charge in [0.2, 0.25) is 0 Å². The predicted molar refractivity (Wildman–Crippen MR) is 107 cm³/mol. The van der Waals surface area contributed by atoms with Gasteiger partial charge in [0.25, 0.3) is 0 Å². The Morgan fingerprint density at radius 3 is 1.77 bits per heavy atom. The first-order valence-corrected chi connectivity index (χ1v) is 10.7. The van der Waals surface area contributed by atoms with Crippen LogP contribution in [0.25, 0.3) is 0 Å². The molecule has 0 bridgehead atoms. The SMILES string of the molecule is CC(C)CCCOC(=O)CCCCCCCCC(=O)OC(C)CC(C)C. The summed E-state index contributed by atoms with van der Waals surface area (Å²) in [6, 6.07) is 0. The molecule has 0 radical (unpaired) electrons. The standard InChI is InChI=1S/C22H42O4/c1-18(2)13-12-16-25-21(23)14-10-8-6-7-9-11-15-22(24)26-20(5)17-19(3)4/h18-20H,6-17H2,1-5H3. The van der Waals surface area contributed by atoms with Crippen LogP contribution in [-0.4, -0.2) is 24.6 Å². The third kappa shape index (κ3) is 17.8. The molecule has 0 aromatic carbocycles. The number of carbonyl (C=O) groups excluding carboxylic acids is 2. The normalized spacial score (nSPS) is 12.4. The van der Waals surface area contributed by atoms with Gasteiger partial charge in [0.1, 0.15) is 0 Å². The van der Waals surface area contributed by atoms with Crippen molar-refractivity contribution in [1.82, 2.24) is 0 Å². The van der Waals surface area contributed by atoms with Crippen molar-refractivity contribution in [2.45, 2.75) is 111 Å². The highest BCUT2D eigenvalue weighted by atomic mass is 16.5. The van der Waals surface area contributed by atoms with Crippen molar-refractivity contribution in [2.24, 2.45) is 11.8 Å². The number of unbranched alkanes of at least 4 members (excludes halogenated alkanes) is 5. The van der Waals surface area contributed by atoms with Gasteiger partial charge in [-0.3, -0.25) is 9.59 Å². The summed E-state index contributed by atoms with van der Waals surface area (Å²) in [6.07, 6.45) is 10.2. The lowest BCUT2D eigenvalue weighted by Gasteiger charge is -2.15. The van der Waals surface area contributed by atoms with Crippen molar-refractivity contribution < 1.29 is 19.1 Å². The fourth-order valence-corrected chi connectivity index (χ4v) is 2.99. The van der Waals surface area contributed by atoms with Crippen molar-refractivity contribution in [3.8, 4) is 0 Å². The van der Waals surface area contributed by atoms with Gasteiger partial charge < -0.3 is 9.47 Å². The maximum Gasteiger partial charge on any atom is 0.306 e. The van der Waals surface area contributed by atoms with Gasteiger partial charge >= 0.3 is 11.9 Å². The predicted octanol–water partition coefficient (Wildman–Crippen LogP) is 6.06. The van der Waals surface area contributed by atoms with Gasteiger partial charge in [0.15, 0.2) is 0 Å². The van der Waals surface area contributed by atoms with Crippen LogP contribution in [0.3, 0.4) is 0 Å². The highest BCUT2D eigenvalue weighted by Gasteiger charge is 2.10. The lowest BCUT2D eigenvalue weighted by atomic mass is 10.1. The van der Waals surface area contributed by atoms with E-state index in [1.165, 1.54) is 0 Å². The molecule has 0 aliphatic rings. The van der Waals surface area contributed by atoms with Crippen molar-refractivity contribution in [3.63, 3.8) is 0 Å². The van der Waals surface area contributed by atoms with E-state index in [-0.39, 0.29) is 18.0 Å². The van der Waals surface area contributed by atoms with Crippen molar-refractivity contribution in [2.75, 3.05) is 6.61 Å². The Labute approximate surface area is 161 Å². The second-order valence-electron chi connectivity index (χ2n) is 8.31. The van der Waals surface area contributed by atoms with E-state index in [0.717, 1.165) is 57.8 Å². The van der Waals surface area contributed by atoms with Crippen LogP contribution in [0.5, 0.6) is 0 Å². The van der Waals surface area contributed by atoms with E-state index in [9.17, 15) is 9.59 Å². The zero-order valence-electron chi connectivity index (χ0n) is 17.9. The number of rotatable bonds is 16. The molecule has 0 aromatic rings. The number of carbonyl (C=O) groups is 2. The van der Waals surface area contributed by atoms with Crippen LogP contribution >= 0.6 is 0 Å². The van der Waals surface area contributed by atoms with Crippen LogP contribution in [0.1, 0.15) is 105 Å².